The highest BCUT2D eigenvalue weighted by Gasteiger charge is 2.18. The number of rotatable bonds is 4. The quantitative estimate of drug-likeness (QED) is 0.809. The van der Waals surface area contributed by atoms with Crippen molar-refractivity contribution in [2.75, 3.05) is 5.75 Å². The number of hydrogen-bond acceptors (Lipinski definition) is 2. The van der Waals surface area contributed by atoms with Crippen molar-refractivity contribution in [3.8, 4) is 0 Å². The van der Waals surface area contributed by atoms with Crippen molar-refractivity contribution >= 4 is 11.8 Å². The van der Waals surface area contributed by atoms with Gasteiger partial charge in [-0.1, -0.05) is 39.8 Å². The van der Waals surface area contributed by atoms with E-state index in [2.05, 4.69) is 45.0 Å². The average Bonchev–Trinajstić information content (AvgIpc) is 2.26. The highest BCUT2D eigenvalue weighted by Crippen LogP contribution is 2.28. The van der Waals surface area contributed by atoms with Crippen LogP contribution in [-0.2, 0) is 5.41 Å². The molecule has 0 aliphatic heterocycles. The monoisotopic (exact) mass is 252 g/mol. The molecule has 1 aromatic carbocycles. The lowest BCUT2D eigenvalue weighted by Crippen LogP contribution is -2.25. The molecular formula is C15H24OS. The third-order valence-electron chi connectivity index (χ3n) is 3.03. The Morgan fingerprint density at radius 1 is 1.06 bits per heavy atom. The Kier molecular flexibility index (Phi) is 4.68. The Hall–Kier alpha value is -0.470. The summed E-state index contributed by atoms with van der Waals surface area (Å²) in [5.74, 6) is 0.748. The van der Waals surface area contributed by atoms with E-state index in [4.69, 9.17) is 0 Å². The summed E-state index contributed by atoms with van der Waals surface area (Å²) in [7, 11) is 0. The molecule has 0 aliphatic carbocycles. The molecule has 0 aromatic heterocycles. The molecule has 17 heavy (non-hydrogen) atoms. The van der Waals surface area contributed by atoms with E-state index >= 15 is 0 Å². The average molecular weight is 252 g/mol. The molecule has 0 bridgehead atoms. The second kappa shape index (κ2) is 5.45. The molecule has 96 valence electrons. The van der Waals surface area contributed by atoms with E-state index in [0.717, 1.165) is 12.2 Å². The minimum absolute atomic E-state index is 0.206. The Balaban J connectivity index is 2.64. The van der Waals surface area contributed by atoms with Gasteiger partial charge in [-0.15, -0.1) is 11.8 Å². The second-order valence-corrected chi connectivity index (χ2v) is 6.96. The SMILES string of the molecule is CCC(C)(O)CSc1ccc(C(C)(C)C)cc1. The second-order valence-electron chi connectivity index (χ2n) is 5.91. The van der Waals surface area contributed by atoms with Crippen LogP contribution < -0.4 is 0 Å². The first-order chi connectivity index (χ1) is 7.74. The molecule has 1 rings (SSSR count). The number of aliphatic hydroxyl groups is 1. The van der Waals surface area contributed by atoms with Crippen molar-refractivity contribution in [2.24, 2.45) is 0 Å². The topological polar surface area (TPSA) is 20.2 Å². The van der Waals surface area contributed by atoms with Crippen LogP contribution in [0.25, 0.3) is 0 Å². The predicted octanol–water partition coefficient (Wildman–Crippen LogP) is 4.24. The molecule has 0 saturated carbocycles. The van der Waals surface area contributed by atoms with E-state index in [1.54, 1.807) is 11.8 Å². The summed E-state index contributed by atoms with van der Waals surface area (Å²) in [6.45, 7) is 10.6. The van der Waals surface area contributed by atoms with Crippen LogP contribution >= 0.6 is 11.8 Å². The number of hydrogen-bond donors (Lipinski definition) is 1. The minimum atomic E-state index is -0.562. The van der Waals surface area contributed by atoms with Gasteiger partial charge < -0.3 is 5.11 Å². The molecule has 1 atom stereocenters. The zero-order valence-corrected chi connectivity index (χ0v) is 12.4. The molecule has 0 fully saturated rings. The molecule has 0 aliphatic rings. The molecule has 1 unspecified atom stereocenters. The third kappa shape index (κ3) is 4.72. The van der Waals surface area contributed by atoms with Crippen molar-refractivity contribution in [1.82, 2.24) is 0 Å². The first kappa shape index (κ1) is 14.6. The molecule has 1 aromatic rings. The van der Waals surface area contributed by atoms with Crippen LogP contribution in [0.4, 0.5) is 0 Å². The zero-order chi connectivity index (χ0) is 13.1. The van der Waals surface area contributed by atoms with Gasteiger partial charge in [0.2, 0.25) is 0 Å². The highest BCUT2D eigenvalue weighted by molar-refractivity contribution is 7.99. The van der Waals surface area contributed by atoms with Gasteiger partial charge in [-0.25, -0.2) is 0 Å². The zero-order valence-electron chi connectivity index (χ0n) is 11.6. The minimum Gasteiger partial charge on any atom is -0.389 e. The summed E-state index contributed by atoms with van der Waals surface area (Å²) in [5.41, 5.74) is 0.995. The molecular weight excluding hydrogens is 228 g/mol. The standard InChI is InChI=1S/C15H24OS/c1-6-15(5,16)11-17-13-9-7-12(8-10-13)14(2,3)4/h7-10,16H,6,11H2,1-5H3. The molecule has 1 N–H and O–H groups in total. The van der Waals surface area contributed by atoms with Gasteiger partial charge in [-0.05, 0) is 36.5 Å². The molecule has 2 heteroatoms. The molecule has 0 heterocycles. The Morgan fingerprint density at radius 3 is 2.00 bits per heavy atom. The van der Waals surface area contributed by atoms with Crippen molar-refractivity contribution < 1.29 is 5.11 Å². The van der Waals surface area contributed by atoms with Crippen LogP contribution in [0.1, 0.15) is 46.6 Å². The van der Waals surface area contributed by atoms with E-state index < -0.39 is 5.60 Å². The highest BCUT2D eigenvalue weighted by atomic mass is 32.2. The summed E-state index contributed by atoms with van der Waals surface area (Å²) in [6.07, 6.45) is 0.792. The van der Waals surface area contributed by atoms with Crippen molar-refractivity contribution in [2.45, 2.75) is 57.0 Å². The van der Waals surface area contributed by atoms with Gasteiger partial charge in [0.15, 0.2) is 0 Å². The molecule has 0 saturated heterocycles. The van der Waals surface area contributed by atoms with E-state index in [9.17, 15) is 5.11 Å². The summed E-state index contributed by atoms with van der Waals surface area (Å²) >= 11 is 1.72. The van der Waals surface area contributed by atoms with E-state index in [1.165, 1.54) is 10.5 Å². The maximum absolute atomic E-state index is 9.95. The van der Waals surface area contributed by atoms with Gasteiger partial charge in [0.1, 0.15) is 0 Å². The first-order valence-electron chi connectivity index (χ1n) is 6.20. The maximum Gasteiger partial charge on any atom is 0.0710 e. The Labute approximate surface area is 110 Å². The Morgan fingerprint density at radius 2 is 1.59 bits per heavy atom. The fourth-order valence-electron chi connectivity index (χ4n) is 1.39. The fourth-order valence-corrected chi connectivity index (χ4v) is 2.40. The summed E-state index contributed by atoms with van der Waals surface area (Å²) in [4.78, 5) is 1.23. The lowest BCUT2D eigenvalue weighted by Gasteiger charge is -2.21. The van der Waals surface area contributed by atoms with Gasteiger partial charge >= 0.3 is 0 Å². The molecule has 0 amide bonds. The third-order valence-corrected chi connectivity index (χ3v) is 4.40. The van der Waals surface area contributed by atoms with Crippen LogP contribution in [0.2, 0.25) is 0 Å². The molecule has 0 radical (unpaired) electrons. The number of benzene rings is 1. The fraction of sp³-hybridized carbons (Fsp3) is 0.600. The van der Waals surface area contributed by atoms with Crippen LogP contribution in [0.15, 0.2) is 29.2 Å². The maximum atomic E-state index is 9.95. The lowest BCUT2D eigenvalue weighted by molar-refractivity contribution is 0.0816. The Bertz CT molecular complexity index is 346. The van der Waals surface area contributed by atoms with Crippen molar-refractivity contribution in [3.05, 3.63) is 29.8 Å². The van der Waals surface area contributed by atoms with Gasteiger partial charge in [-0.2, -0.15) is 0 Å². The normalized spacial score (nSPS) is 15.6. The first-order valence-corrected chi connectivity index (χ1v) is 7.19. The molecule has 1 nitrogen and oxygen atoms in total. The van der Waals surface area contributed by atoms with E-state index in [-0.39, 0.29) is 5.41 Å². The smallest absolute Gasteiger partial charge is 0.0710 e. The largest absolute Gasteiger partial charge is 0.389 e. The summed E-state index contributed by atoms with van der Waals surface area (Å²) < 4.78 is 0. The molecule has 0 spiro atoms. The predicted molar refractivity (Wildman–Crippen MR) is 76.8 cm³/mol. The van der Waals surface area contributed by atoms with Crippen LogP contribution in [-0.4, -0.2) is 16.5 Å². The van der Waals surface area contributed by atoms with Crippen LogP contribution in [0.3, 0.4) is 0 Å². The number of thioether (sulfide) groups is 1. The van der Waals surface area contributed by atoms with Crippen LogP contribution in [0, 0.1) is 0 Å². The van der Waals surface area contributed by atoms with Gasteiger partial charge in [0.25, 0.3) is 0 Å². The van der Waals surface area contributed by atoms with Gasteiger partial charge in [0.05, 0.1) is 5.60 Å². The van der Waals surface area contributed by atoms with Crippen molar-refractivity contribution in [1.29, 1.82) is 0 Å². The van der Waals surface area contributed by atoms with Crippen molar-refractivity contribution in [3.63, 3.8) is 0 Å². The lowest BCUT2D eigenvalue weighted by atomic mass is 9.87. The van der Waals surface area contributed by atoms with Gasteiger partial charge in [0, 0.05) is 10.6 Å². The summed E-state index contributed by atoms with van der Waals surface area (Å²) in [5, 5.41) is 9.95. The summed E-state index contributed by atoms with van der Waals surface area (Å²) in [6, 6.07) is 8.67. The van der Waals surface area contributed by atoms with E-state index in [1.807, 2.05) is 13.8 Å². The van der Waals surface area contributed by atoms with Gasteiger partial charge in [-0.3, -0.25) is 0 Å². The van der Waals surface area contributed by atoms with E-state index in [0.29, 0.717) is 0 Å². The van der Waals surface area contributed by atoms with Crippen LogP contribution in [0.5, 0.6) is 0 Å².